The van der Waals surface area contributed by atoms with Crippen LogP contribution in [0.1, 0.15) is 26.0 Å². The number of amides is 1. The summed E-state index contributed by atoms with van der Waals surface area (Å²) in [6.45, 7) is 6.89. The predicted octanol–water partition coefficient (Wildman–Crippen LogP) is 1.74. The van der Waals surface area contributed by atoms with Crippen LogP contribution in [0.3, 0.4) is 0 Å². The Bertz CT molecular complexity index is 464. The molecule has 0 radical (unpaired) electrons. The molecule has 1 aromatic heterocycles. The molecule has 0 spiro atoms. The zero-order chi connectivity index (χ0) is 16.9. The summed E-state index contributed by atoms with van der Waals surface area (Å²) in [5.41, 5.74) is 0. The summed E-state index contributed by atoms with van der Waals surface area (Å²) in [7, 11) is 1.66. The summed E-state index contributed by atoms with van der Waals surface area (Å²) in [6, 6.07) is 3.60. The van der Waals surface area contributed by atoms with Gasteiger partial charge < -0.3 is 25.1 Å². The highest BCUT2D eigenvalue weighted by atomic mass is 127. The Morgan fingerprint density at radius 2 is 2.08 bits per heavy atom. The topological polar surface area (TPSA) is 87.9 Å². The minimum atomic E-state index is -0.127. The highest BCUT2D eigenvalue weighted by molar-refractivity contribution is 14.0. The van der Waals surface area contributed by atoms with Crippen molar-refractivity contribution in [1.29, 1.82) is 0 Å². The lowest BCUT2D eigenvalue weighted by molar-refractivity contribution is -0.120. The molecule has 0 aliphatic rings. The van der Waals surface area contributed by atoms with Crippen molar-refractivity contribution in [3.63, 3.8) is 0 Å². The molecule has 0 saturated heterocycles. The van der Waals surface area contributed by atoms with Crippen LogP contribution in [0.15, 0.2) is 27.8 Å². The summed E-state index contributed by atoms with van der Waals surface area (Å²) in [5, 5.41) is 8.80. The van der Waals surface area contributed by atoms with Crippen molar-refractivity contribution in [3.05, 3.63) is 24.2 Å². The summed E-state index contributed by atoms with van der Waals surface area (Å²) in [4.78, 5) is 15.8. The Kier molecular flexibility index (Phi) is 13.3. The van der Waals surface area contributed by atoms with Gasteiger partial charge in [-0.15, -0.1) is 24.0 Å². The summed E-state index contributed by atoms with van der Waals surface area (Å²) in [6.07, 6.45) is 2.64. The number of hydrogen-bond donors (Lipinski definition) is 3. The maximum Gasteiger partial charge on any atom is 0.239 e. The molecule has 0 atom stereocenters. The van der Waals surface area contributed by atoms with Crippen molar-refractivity contribution in [3.8, 4) is 0 Å². The SMILES string of the molecule is CN=C(NCCOCCC(C)C)NCC(=O)NCc1ccco1.I. The fourth-order valence-electron chi connectivity index (χ4n) is 1.71. The van der Waals surface area contributed by atoms with E-state index >= 15 is 0 Å². The number of rotatable bonds is 10. The monoisotopic (exact) mass is 452 g/mol. The van der Waals surface area contributed by atoms with Crippen molar-refractivity contribution in [2.75, 3.05) is 33.4 Å². The second-order valence-electron chi connectivity index (χ2n) is 5.50. The van der Waals surface area contributed by atoms with E-state index in [-0.39, 0.29) is 36.4 Å². The van der Waals surface area contributed by atoms with E-state index < -0.39 is 0 Å². The van der Waals surface area contributed by atoms with Gasteiger partial charge in [-0.05, 0) is 24.5 Å². The third-order valence-electron chi connectivity index (χ3n) is 3.06. The van der Waals surface area contributed by atoms with Gasteiger partial charge in [-0.25, -0.2) is 0 Å². The van der Waals surface area contributed by atoms with E-state index in [4.69, 9.17) is 9.15 Å². The number of halogens is 1. The lowest BCUT2D eigenvalue weighted by atomic mass is 10.1. The van der Waals surface area contributed by atoms with Crippen LogP contribution in [0.25, 0.3) is 0 Å². The molecule has 3 N–H and O–H groups in total. The Morgan fingerprint density at radius 3 is 2.71 bits per heavy atom. The highest BCUT2D eigenvalue weighted by Crippen LogP contribution is 1.98. The van der Waals surface area contributed by atoms with Gasteiger partial charge in [-0.3, -0.25) is 9.79 Å². The molecule has 0 fully saturated rings. The molecule has 0 aromatic carbocycles. The average molecular weight is 452 g/mol. The molecule has 0 unspecified atom stereocenters. The van der Waals surface area contributed by atoms with Crippen LogP contribution in [0, 0.1) is 5.92 Å². The first-order valence-corrected chi connectivity index (χ1v) is 7.93. The van der Waals surface area contributed by atoms with Crippen LogP contribution >= 0.6 is 24.0 Å². The highest BCUT2D eigenvalue weighted by Gasteiger charge is 2.04. The van der Waals surface area contributed by atoms with Gasteiger partial charge in [0.25, 0.3) is 0 Å². The molecule has 0 aliphatic heterocycles. The summed E-state index contributed by atoms with van der Waals surface area (Å²) in [5.74, 6) is 1.82. The van der Waals surface area contributed by atoms with Crippen LogP contribution in [0.5, 0.6) is 0 Å². The van der Waals surface area contributed by atoms with Gasteiger partial charge in [-0.2, -0.15) is 0 Å². The first-order valence-electron chi connectivity index (χ1n) is 7.93. The third kappa shape index (κ3) is 11.3. The smallest absolute Gasteiger partial charge is 0.239 e. The molecule has 8 heteroatoms. The van der Waals surface area contributed by atoms with E-state index in [9.17, 15) is 4.79 Å². The van der Waals surface area contributed by atoms with E-state index in [2.05, 4.69) is 34.8 Å². The quantitative estimate of drug-likeness (QED) is 0.218. The number of furan rings is 1. The first kappa shape index (κ1) is 22.7. The van der Waals surface area contributed by atoms with Gasteiger partial charge in [0.2, 0.25) is 5.91 Å². The van der Waals surface area contributed by atoms with Crippen molar-refractivity contribution in [2.24, 2.45) is 10.9 Å². The van der Waals surface area contributed by atoms with Gasteiger partial charge in [0.05, 0.1) is 26.0 Å². The third-order valence-corrected chi connectivity index (χ3v) is 3.06. The fraction of sp³-hybridized carbons (Fsp3) is 0.625. The maximum atomic E-state index is 11.7. The van der Waals surface area contributed by atoms with Crippen molar-refractivity contribution < 1.29 is 13.9 Å². The standard InChI is InChI=1S/C16H28N4O3.HI/c1-13(2)6-9-22-10-7-18-16(17-3)20-12-15(21)19-11-14-5-4-8-23-14;/h4-5,8,13H,6-7,9-12H2,1-3H3,(H,19,21)(H2,17,18,20);1H. The Labute approximate surface area is 161 Å². The van der Waals surface area contributed by atoms with Crippen molar-refractivity contribution >= 4 is 35.8 Å². The number of aliphatic imine (C=N–C) groups is 1. The van der Waals surface area contributed by atoms with Crippen LogP contribution in [-0.4, -0.2) is 45.2 Å². The minimum absolute atomic E-state index is 0. The summed E-state index contributed by atoms with van der Waals surface area (Å²) >= 11 is 0. The number of guanidine groups is 1. The molecule has 1 rings (SSSR count). The van der Waals surface area contributed by atoms with Gasteiger partial charge in [0.1, 0.15) is 5.76 Å². The number of nitrogens with zero attached hydrogens (tertiary/aromatic N) is 1. The summed E-state index contributed by atoms with van der Waals surface area (Å²) < 4.78 is 10.7. The van der Waals surface area contributed by atoms with Gasteiger partial charge in [-0.1, -0.05) is 13.8 Å². The number of hydrogen-bond acceptors (Lipinski definition) is 4. The van der Waals surface area contributed by atoms with E-state index in [1.54, 1.807) is 19.4 Å². The molecule has 7 nitrogen and oxygen atoms in total. The molecule has 138 valence electrons. The lowest BCUT2D eigenvalue weighted by Gasteiger charge is -2.12. The van der Waals surface area contributed by atoms with Crippen LogP contribution in [0.4, 0.5) is 0 Å². The fourth-order valence-corrected chi connectivity index (χ4v) is 1.71. The number of ether oxygens (including phenoxy) is 1. The Morgan fingerprint density at radius 1 is 1.29 bits per heavy atom. The Hall–Kier alpha value is -1.29. The number of nitrogens with one attached hydrogen (secondary N) is 3. The lowest BCUT2D eigenvalue weighted by Crippen LogP contribution is -2.43. The predicted molar refractivity (Wildman–Crippen MR) is 106 cm³/mol. The van der Waals surface area contributed by atoms with Crippen molar-refractivity contribution in [1.82, 2.24) is 16.0 Å². The van der Waals surface area contributed by atoms with E-state index in [0.717, 1.165) is 18.8 Å². The maximum absolute atomic E-state index is 11.7. The van der Waals surface area contributed by atoms with Gasteiger partial charge >= 0.3 is 0 Å². The largest absolute Gasteiger partial charge is 0.467 e. The molecule has 1 aromatic rings. The molecule has 1 heterocycles. The molecular weight excluding hydrogens is 423 g/mol. The zero-order valence-electron chi connectivity index (χ0n) is 14.6. The van der Waals surface area contributed by atoms with E-state index in [0.29, 0.717) is 31.6 Å². The van der Waals surface area contributed by atoms with Crippen molar-refractivity contribution in [2.45, 2.75) is 26.8 Å². The molecule has 0 saturated carbocycles. The molecule has 1 amide bonds. The molecular formula is C16H29IN4O3. The molecule has 24 heavy (non-hydrogen) atoms. The second kappa shape index (κ2) is 14.1. The van der Waals surface area contributed by atoms with Gasteiger partial charge in [0, 0.05) is 20.2 Å². The zero-order valence-corrected chi connectivity index (χ0v) is 17.0. The van der Waals surface area contributed by atoms with E-state index in [1.165, 1.54) is 0 Å². The number of carbonyl (C=O) groups excluding carboxylic acids is 1. The Balaban J connectivity index is 0.00000529. The molecule has 0 aliphatic carbocycles. The van der Waals surface area contributed by atoms with Crippen LogP contribution in [0.2, 0.25) is 0 Å². The second-order valence-corrected chi connectivity index (χ2v) is 5.50. The van der Waals surface area contributed by atoms with Gasteiger partial charge in [0.15, 0.2) is 5.96 Å². The first-order chi connectivity index (χ1) is 11.1. The average Bonchev–Trinajstić information content (AvgIpc) is 3.04. The van der Waals surface area contributed by atoms with Crippen LogP contribution < -0.4 is 16.0 Å². The normalized spacial score (nSPS) is 11.1. The van der Waals surface area contributed by atoms with Crippen LogP contribution in [-0.2, 0) is 16.1 Å². The van der Waals surface area contributed by atoms with E-state index in [1.807, 2.05) is 6.07 Å². The minimum Gasteiger partial charge on any atom is -0.467 e. The number of carbonyl (C=O) groups is 1. The molecule has 0 bridgehead atoms.